The fourth-order valence-corrected chi connectivity index (χ4v) is 3.71. The summed E-state index contributed by atoms with van der Waals surface area (Å²) in [4.78, 5) is 46.5. The molecule has 0 fully saturated rings. The van der Waals surface area contributed by atoms with Gasteiger partial charge in [0.25, 0.3) is 10.1 Å². The zero-order valence-electron chi connectivity index (χ0n) is 18.0. The fourth-order valence-electron chi connectivity index (χ4n) is 3.08. The summed E-state index contributed by atoms with van der Waals surface area (Å²) in [6, 6.07) is -1.70. The van der Waals surface area contributed by atoms with Crippen molar-refractivity contribution in [2.45, 2.75) is 23.9 Å². The third kappa shape index (κ3) is 7.55. The van der Waals surface area contributed by atoms with Crippen molar-refractivity contribution in [2.24, 2.45) is 0 Å². The molecule has 0 saturated carbocycles. The molecule has 34 heavy (non-hydrogen) atoms. The van der Waals surface area contributed by atoms with Gasteiger partial charge in [0.15, 0.2) is 0 Å². The van der Waals surface area contributed by atoms with E-state index in [0.29, 0.717) is 0 Å². The number of carbonyl (C=O) groups is 4. The molecule has 2 atom stereocenters. The van der Waals surface area contributed by atoms with Crippen LogP contribution in [0.25, 0.3) is 0 Å². The molecule has 0 heterocycles. The standard InChI is InChI=1S/C18H24N2O13S/c1-9(17(26)27)19(7-13(21)22)3-4-20(8-14(23)24)15(18(28)29)11-5-10(33-2)6-12(16(11)25)34(30,31)32/h5-6,9,15,25H,3-4,7-8H2,1-2H3,(H,21,22)(H,23,24)(H,26,27)(H,28,29)(H,30,31,32)/t9?,15-/m0/s1. The summed E-state index contributed by atoms with van der Waals surface area (Å²) < 4.78 is 37.5. The highest BCUT2D eigenvalue weighted by Gasteiger charge is 2.35. The fraction of sp³-hybridized carbons (Fsp3) is 0.444. The number of hydrogen-bond donors (Lipinski definition) is 6. The number of benzene rings is 1. The summed E-state index contributed by atoms with van der Waals surface area (Å²) in [6.45, 7) is -1.51. The number of rotatable bonds is 14. The van der Waals surface area contributed by atoms with Gasteiger partial charge in [-0.25, -0.2) is 0 Å². The lowest BCUT2D eigenvalue weighted by atomic mass is 10.0. The van der Waals surface area contributed by atoms with Gasteiger partial charge in [0.05, 0.1) is 20.2 Å². The Balaban J connectivity index is 3.56. The second-order valence-electron chi connectivity index (χ2n) is 7.02. The number of aliphatic carboxylic acids is 4. The molecule has 1 unspecified atom stereocenters. The zero-order valence-corrected chi connectivity index (χ0v) is 18.8. The Labute approximate surface area is 193 Å². The van der Waals surface area contributed by atoms with E-state index in [1.165, 1.54) is 6.92 Å². The minimum atomic E-state index is -5.05. The summed E-state index contributed by atoms with van der Waals surface area (Å²) in [5.41, 5.74) is -0.642. The first-order chi connectivity index (χ1) is 15.6. The van der Waals surface area contributed by atoms with Gasteiger partial charge in [-0.15, -0.1) is 0 Å². The highest BCUT2D eigenvalue weighted by Crippen LogP contribution is 2.37. The summed E-state index contributed by atoms with van der Waals surface area (Å²) in [5.74, 6) is -7.50. The molecule has 0 spiro atoms. The van der Waals surface area contributed by atoms with Gasteiger partial charge >= 0.3 is 23.9 Å². The third-order valence-electron chi connectivity index (χ3n) is 4.74. The van der Waals surface area contributed by atoms with Crippen LogP contribution >= 0.6 is 0 Å². The molecule has 16 heteroatoms. The number of hydrogen-bond acceptors (Lipinski definition) is 10. The molecular weight excluding hydrogens is 484 g/mol. The molecule has 1 rings (SSSR count). The van der Waals surface area contributed by atoms with E-state index < -0.39 is 88.5 Å². The van der Waals surface area contributed by atoms with E-state index in [1.54, 1.807) is 0 Å². The van der Waals surface area contributed by atoms with E-state index >= 15 is 0 Å². The van der Waals surface area contributed by atoms with Crippen molar-refractivity contribution >= 4 is 34.0 Å². The SMILES string of the molecule is COc1cc([C@@H](C(=O)O)N(CCN(CC(=O)O)C(C)C(=O)O)CC(=O)O)c(O)c(S(=O)(=O)O)c1. The molecule has 0 amide bonds. The summed E-state index contributed by atoms with van der Waals surface area (Å²) in [7, 11) is -3.96. The Kier molecular flexibility index (Phi) is 9.74. The van der Waals surface area contributed by atoms with Crippen molar-refractivity contribution in [1.82, 2.24) is 9.80 Å². The maximum absolute atomic E-state index is 12.1. The van der Waals surface area contributed by atoms with Crippen molar-refractivity contribution in [3.8, 4) is 11.5 Å². The first kappa shape index (κ1) is 28.6. The lowest BCUT2D eigenvalue weighted by molar-refractivity contribution is -0.150. The van der Waals surface area contributed by atoms with Crippen molar-refractivity contribution in [2.75, 3.05) is 33.3 Å². The van der Waals surface area contributed by atoms with Crippen LogP contribution in [-0.4, -0.2) is 112 Å². The Morgan fingerprint density at radius 2 is 1.44 bits per heavy atom. The maximum Gasteiger partial charge on any atom is 0.325 e. The van der Waals surface area contributed by atoms with Crippen molar-refractivity contribution in [3.63, 3.8) is 0 Å². The molecular formula is C18H24N2O13S. The van der Waals surface area contributed by atoms with E-state index in [0.717, 1.165) is 29.0 Å². The topological polar surface area (TPSA) is 240 Å². The number of ether oxygens (including phenoxy) is 1. The number of nitrogens with zero attached hydrogens (tertiary/aromatic N) is 2. The Morgan fingerprint density at radius 3 is 1.85 bits per heavy atom. The van der Waals surface area contributed by atoms with Crippen LogP contribution in [0.15, 0.2) is 17.0 Å². The molecule has 190 valence electrons. The molecule has 0 saturated heterocycles. The predicted octanol–water partition coefficient (Wildman–Crippen LogP) is -0.980. The molecule has 0 aliphatic rings. The average Bonchev–Trinajstić information content (AvgIpc) is 2.69. The molecule has 0 aliphatic heterocycles. The molecule has 1 aromatic carbocycles. The van der Waals surface area contributed by atoms with E-state index in [4.69, 9.17) is 9.84 Å². The third-order valence-corrected chi connectivity index (χ3v) is 5.61. The molecule has 0 aromatic heterocycles. The van der Waals surface area contributed by atoms with Gasteiger partial charge in [0.2, 0.25) is 0 Å². The van der Waals surface area contributed by atoms with Crippen LogP contribution in [0, 0.1) is 0 Å². The van der Waals surface area contributed by atoms with E-state index in [1.807, 2.05) is 0 Å². The van der Waals surface area contributed by atoms with Crippen LogP contribution in [0.5, 0.6) is 11.5 Å². The van der Waals surface area contributed by atoms with Gasteiger partial charge in [-0.1, -0.05) is 0 Å². The van der Waals surface area contributed by atoms with Gasteiger partial charge in [-0.2, -0.15) is 8.42 Å². The van der Waals surface area contributed by atoms with Crippen LogP contribution in [0.2, 0.25) is 0 Å². The Morgan fingerprint density at radius 1 is 0.941 bits per heavy atom. The van der Waals surface area contributed by atoms with Gasteiger partial charge in [-0.3, -0.25) is 33.5 Å². The molecule has 6 N–H and O–H groups in total. The van der Waals surface area contributed by atoms with Gasteiger partial charge in [-0.05, 0) is 13.0 Å². The number of methoxy groups -OCH3 is 1. The Hall–Kier alpha value is -3.47. The first-order valence-electron chi connectivity index (χ1n) is 9.35. The average molecular weight is 508 g/mol. The van der Waals surface area contributed by atoms with E-state index in [9.17, 15) is 52.6 Å². The predicted molar refractivity (Wildman–Crippen MR) is 110 cm³/mol. The molecule has 1 aromatic rings. The van der Waals surface area contributed by atoms with Crippen LogP contribution in [-0.2, 0) is 29.3 Å². The van der Waals surface area contributed by atoms with Crippen molar-refractivity contribution in [1.29, 1.82) is 0 Å². The van der Waals surface area contributed by atoms with E-state index in [2.05, 4.69) is 0 Å². The smallest absolute Gasteiger partial charge is 0.325 e. The van der Waals surface area contributed by atoms with Crippen molar-refractivity contribution < 1.29 is 62.4 Å². The van der Waals surface area contributed by atoms with Crippen LogP contribution in [0.4, 0.5) is 0 Å². The van der Waals surface area contributed by atoms with Crippen molar-refractivity contribution in [3.05, 3.63) is 17.7 Å². The highest BCUT2D eigenvalue weighted by molar-refractivity contribution is 7.86. The van der Waals surface area contributed by atoms with Gasteiger partial charge in [0.1, 0.15) is 28.5 Å². The number of phenols is 1. The van der Waals surface area contributed by atoms with Gasteiger partial charge < -0.3 is 30.3 Å². The molecule has 0 radical (unpaired) electrons. The number of carboxylic acids is 4. The quantitative estimate of drug-likeness (QED) is 0.165. The monoisotopic (exact) mass is 508 g/mol. The second kappa shape index (κ2) is 11.6. The van der Waals surface area contributed by atoms with E-state index in [-0.39, 0.29) is 5.75 Å². The Bertz CT molecular complexity index is 1060. The minimum absolute atomic E-state index is 0.283. The zero-order chi connectivity index (χ0) is 26.4. The summed E-state index contributed by atoms with van der Waals surface area (Å²) >= 11 is 0. The second-order valence-corrected chi connectivity index (χ2v) is 8.41. The van der Waals surface area contributed by atoms with Crippen LogP contribution in [0.3, 0.4) is 0 Å². The maximum atomic E-state index is 12.1. The van der Waals surface area contributed by atoms with Gasteiger partial charge in [0, 0.05) is 24.7 Å². The number of aromatic hydroxyl groups is 1. The minimum Gasteiger partial charge on any atom is -0.506 e. The first-order valence-corrected chi connectivity index (χ1v) is 10.8. The lowest BCUT2D eigenvalue weighted by Crippen LogP contribution is -2.48. The number of carboxylic acid groups (broad SMARTS) is 4. The van der Waals surface area contributed by atoms with Crippen LogP contribution < -0.4 is 4.74 Å². The van der Waals surface area contributed by atoms with Crippen LogP contribution in [0.1, 0.15) is 18.5 Å². The summed E-state index contributed by atoms with van der Waals surface area (Å²) in [5, 5.41) is 47.7. The molecule has 0 bridgehead atoms. The lowest BCUT2D eigenvalue weighted by Gasteiger charge is -2.32. The molecule has 0 aliphatic carbocycles. The molecule has 15 nitrogen and oxygen atoms in total. The largest absolute Gasteiger partial charge is 0.506 e. The number of phenolic OH excluding ortho intramolecular Hbond substituents is 1. The highest BCUT2D eigenvalue weighted by atomic mass is 32.2. The normalized spacial score (nSPS) is 13.4. The summed E-state index contributed by atoms with van der Waals surface area (Å²) in [6.07, 6.45) is 0.